The Bertz CT molecular complexity index is 543. The summed E-state index contributed by atoms with van der Waals surface area (Å²) in [5.74, 6) is -5.16. The first-order valence-corrected chi connectivity index (χ1v) is 8.04. The number of halogens is 3. The summed E-state index contributed by atoms with van der Waals surface area (Å²) in [6, 6.07) is -0.639. The van der Waals surface area contributed by atoms with Crippen LogP contribution in [-0.2, 0) is 4.79 Å². The third-order valence-electron chi connectivity index (χ3n) is 4.94. The molecular weight excluding hydrogens is 325 g/mol. The third-order valence-corrected chi connectivity index (χ3v) is 4.94. The second-order valence-corrected chi connectivity index (χ2v) is 7.16. The summed E-state index contributed by atoms with van der Waals surface area (Å²) >= 11 is 0. The molecule has 8 heteroatoms. The number of nitrogens with one attached hydrogen (secondary N) is 1. The molecule has 2 amide bonds. The molecule has 136 valence electrons. The van der Waals surface area contributed by atoms with Crippen LogP contribution in [0.4, 0.5) is 18.0 Å². The van der Waals surface area contributed by atoms with Crippen molar-refractivity contribution in [1.82, 2.24) is 10.2 Å². The minimum absolute atomic E-state index is 0.262. The van der Waals surface area contributed by atoms with Gasteiger partial charge in [-0.15, -0.1) is 0 Å². The zero-order chi connectivity index (χ0) is 18.1. The van der Waals surface area contributed by atoms with Crippen LogP contribution < -0.4 is 5.32 Å². The van der Waals surface area contributed by atoms with Crippen LogP contribution in [0.3, 0.4) is 0 Å². The molecular formula is C16H23F3N2O3. The number of hydrogen-bond acceptors (Lipinski definition) is 2. The van der Waals surface area contributed by atoms with Crippen LogP contribution in [0.15, 0.2) is 11.6 Å². The highest BCUT2D eigenvalue weighted by molar-refractivity contribution is 5.77. The van der Waals surface area contributed by atoms with Crippen LogP contribution in [0, 0.1) is 17.3 Å². The lowest BCUT2D eigenvalue weighted by Gasteiger charge is -2.28. The monoisotopic (exact) mass is 348 g/mol. The quantitative estimate of drug-likeness (QED) is 0.767. The van der Waals surface area contributed by atoms with Crippen molar-refractivity contribution in [3.8, 4) is 0 Å². The summed E-state index contributed by atoms with van der Waals surface area (Å²) in [4.78, 5) is 24.2. The molecule has 2 aliphatic rings. The van der Waals surface area contributed by atoms with Gasteiger partial charge in [0.1, 0.15) is 0 Å². The number of likely N-dealkylation sites (tertiary alicyclic amines) is 1. The minimum Gasteiger partial charge on any atom is -0.481 e. The van der Waals surface area contributed by atoms with Gasteiger partial charge in [0.05, 0.1) is 11.8 Å². The first-order valence-electron chi connectivity index (χ1n) is 8.04. The molecule has 0 bridgehead atoms. The molecule has 2 atom stereocenters. The smallest absolute Gasteiger partial charge is 0.394 e. The maximum Gasteiger partial charge on any atom is 0.394 e. The van der Waals surface area contributed by atoms with Crippen molar-refractivity contribution in [3.63, 3.8) is 0 Å². The molecule has 2 rings (SSSR count). The van der Waals surface area contributed by atoms with Gasteiger partial charge in [-0.25, -0.2) is 4.79 Å². The fraction of sp³-hybridized carbons (Fsp3) is 0.750. The van der Waals surface area contributed by atoms with E-state index in [0.717, 1.165) is 24.2 Å². The Kier molecular flexibility index (Phi) is 5.15. The van der Waals surface area contributed by atoms with E-state index in [4.69, 9.17) is 5.11 Å². The average Bonchev–Trinajstić information content (AvgIpc) is 3.13. The van der Waals surface area contributed by atoms with Crippen LogP contribution in [0.2, 0.25) is 0 Å². The molecule has 0 spiro atoms. The maximum atomic E-state index is 13.0. The van der Waals surface area contributed by atoms with Gasteiger partial charge in [-0.2, -0.15) is 13.2 Å². The molecule has 2 N–H and O–H groups in total. The first kappa shape index (κ1) is 18.6. The van der Waals surface area contributed by atoms with Crippen molar-refractivity contribution >= 4 is 12.0 Å². The molecule has 0 radical (unpaired) electrons. The summed E-state index contributed by atoms with van der Waals surface area (Å²) < 4.78 is 38.9. The van der Waals surface area contributed by atoms with Gasteiger partial charge < -0.3 is 15.3 Å². The van der Waals surface area contributed by atoms with Gasteiger partial charge in [0.2, 0.25) is 0 Å². The maximum absolute atomic E-state index is 13.0. The Labute approximate surface area is 138 Å². The summed E-state index contributed by atoms with van der Waals surface area (Å²) in [5.41, 5.74) is 0.974. The summed E-state index contributed by atoms with van der Waals surface area (Å²) in [7, 11) is 0. The molecule has 0 aromatic carbocycles. The van der Waals surface area contributed by atoms with Gasteiger partial charge in [0.15, 0.2) is 0 Å². The van der Waals surface area contributed by atoms with E-state index in [1.165, 1.54) is 5.57 Å². The summed E-state index contributed by atoms with van der Waals surface area (Å²) in [5, 5.41) is 11.6. The number of carbonyl (C=O) groups is 2. The molecule has 0 aromatic rings. The third kappa shape index (κ3) is 4.02. The Morgan fingerprint density at radius 1 is 1.33 bits per heavy atom. The predicted octanol–water partition coefficient (Wildman–Crippen LogP) is 3.03. The number of carboxylic acid groups (broad SMARTS) is 1. The van der Waals surface area contributed by atoms with Crippen LogP contribution in [0.1, 0.15) is 33.1 Å². The van der Waals surface area contributed by atoms with E-state index >= 15 is 0 Å². The second kappa shape index (κ2) is 6.64. The normalized spacial score (nSPS) is 24.9. The SMILES string of the molecule is CC(C)(CNC(=O)N1C[C@@H](C(F)(F)F)[C@H](C(=O)O)C1)C1=CCCC1. The van der Waals surface area contributed by atoms with E-state index in [2.05, 4.69) is 11.4 Å². The number of rotatable bonds is 4. The Balaban J connectivity index is 1.96. The average molecular weight is 348 g/mol. The number of amides is 2. The number of carboxylic acids is 1. The van der Waals surface area contributed by atoms with Crippen molar-refractivity contribution in [3.05, 3.63) is 11.6 Å². The Morgan fingerprint density at radius 2 is 2.00 bits per heavy atom. The fourth-order valence-electron chi connectivity index (χ4n) is 3.36. The number of urea groups is 1. The molecule has 0 saturated carbocycles. The Hall–Kier alpha value is -1.73. The summed E-state index contributed by atoms with van der Waals surface area (Å²) in [6.07, 6.45) is 0.552. The summed E-state index contributed by atoms with van der Waals surface area (Å²) in [6.45, 7) is 3.23. The number of alkyl halides is 3. The lowest BCUT2D eigenvalue weighted by molar-refractivity contribution is -0.187. The highest BCUT2D eigenvalue weighted by atomic mass is 19.4. The topological polar surface area (TPSA) is 69.6 Å². The highest BCUT2D eigenvalue weighted by Gasteiger charge is 2.53. The van der Waals surface area contributed by atoms with Crippen molar-refractivity contribution in [1.29, 1.82) is 0 Å². The predicted molar refractivity (Wildman–Crippen MR) is 81.4 cm³/mol. The van der Waals surface area contributed by atoms with Gasteiger partial charge >= 0.3 is 18.2 Å². The molecule has 0 unspecified atom stereocenters. The fourth-order valence-corrected chi connectivity index (χ4v) is 3.36. The van der Waals surface area contributed by atoms with Crippen molar-refractivity contribution < 1.29 is 27.9 Å². The van der Waals surface area contributed by atoms with E-state index < -0.39 is 43.1 Å². The molecule has 1 saturated heterocycles. The van der Waals surface area contributed by atoms with Gasteiger partial charge in [-0.1, -0.05) is 25.5 Å². The lowest BCUT2D eigenvalue weighted by Crippen LogP contribution is -2.43. The van der Waals surface area contributed by atoms with Crippen molar-refractivity contribution in [2.75, 3.05) is 19.6 Å². The van der Waals surface area contributed by atoms with E-state index in [1.54, 1.807) is 0 Å². The molecule has 5 nitrogen and oxygen atoms in total. The van der Waals surface area contributed by atoms with Gasteiger partial charge in [0.25, 0.3) is 0 Å². The highest BCUT2D eigenvalue weighted by Crippen LogP contribution is 2.38. The van der Waals surface area contributed by atoms with Crippen molar-refractivity contribution in [2.24, 2.45) is 17.3 Å². The lowest BCUT2D eigenvalue weighted by atomic mass is 9.83. The van der Waals surface area contributed by atoms with Crippen LogP contribution in [0.25, 0.3) is 0 Å². The largest absolute Gasteiger partial charge is 0.481 e. The van der Waals surface area contributed by atoms with Gasteiger partial charge in [-0.05, 0) is 19.3 Å². The number of nitrogens with zero attached hydrogens (tertiary/aromatic N) is 1. The van der Waals surface area contributed by atoms with E-state index in [-0.39, 0.29) is 5.41 Å². The molecule has 1 heterocycles. The van der Waals surface area contributed by atoms with E-state index in [9.17, 15) is 22.8 Å². The number of allylic oxidation sites excluding steroid dienone is 1. The molecule has 24 heavy (non-hydrogen) atoms. The van der Waals surface area contributed by atoms with Gasteiger partial charge in [0, 0.05) is 25.0 Å². The number of hydrogen-bond donors (Lipinski definition) is 2. The standard InChI is InChI=1S/C16H23F3N2O3/c1-15(2,10-5-3-4-6-10)9-20-14(24)21-7-11(13(22)23)12(8-21)16(17,18)19/h5,11-12H,3-4,6-9H2,1-2H3,(H,20,24)(H,22,23)/t11-,12-/m1/s1. The van der Waals surface area contributed by atoms with Crippen molar-refractivity contribution in [2.45, 2.75) is 39.3 Å². The van der Waals surface area contributed by atoms with Crippen LogP contribution in [0.5, 0.6) is 0 Å². The number of carbonyl (C=O) groups excluding carboxylic acids is 1. The van der Waals surface area contributed by atoms with Crippen LogP contribution in [-0.4, -0.2) is 47.8 Å². The zero-order valence-corrected chi connectivity index (χ0v) is 13.8. The second-order valence-electron chi connectivity index (χ2n) is 7.16. The number of aliphatic carboxylic acids is 1. The molecule has 1 aliphatic carbocycles. The molecule has 1 fully saturated rings. The zero-order valence-electron chi connectivity index (χ0n) is 13.8. The van der Waals surface area contributed by atoms with E-state index in [1.807, 2.05) is 13.8 Å². The first-order chi connectivity index (χ1) is 11.0. The van der Waals surface area contributed by atoms with Crippen LogP contribution >= 0.6 is 0 Å². The minimum atomic E-state index is -4.63. The molecule has 1 aliphatic heterocycles. The Morgan fingerprint density at radius 3 is 2.46 bits per heavy atom. The van der Waals surface area contributed by atoms with Gasteiger partial charge in [-0.3, -0.25) is 4.79 Å². The molecule has 0 aromatic heterocycles. The van der Waals surface area contributed by atoms with E-state index in [0.29, 0.717) is 6.54 Å².